The first-order chi connectivity index (χ1) is 16.7. The highest BCUT2D eigenvalue weighted by Gasteiger charge is 2.44. The molecular formula is C26H27N5O3. The van der Waals surface area contributed by atoms with E-state index in [0.717, 1.165) is 63.4 Å². The lowest BCUT2D eigenvalue weighted by atomic mass is 9.89. The Morgan fingerprint density at radius 3 is 2.88 bits per heavy atom. The van der Waals surface area contributed by atoms with E-state index in [0.29, 0.717) is 26.4 Å². The SMILES string of the molecule is CNc1cc2c(-c3cc(OCc4ccncc4)c4c(n3)C3(CCOC3)OCC4)cn(C)c2cn1. The van der Waals surface area contributed by atoms with E-state index in [-0.39, 0.29) is 0 Å². The second-order valence-electron chi connectivity index (χ2n) is 8.86. The number of hydrogen-bond donors (Lipinski definition) is 1. The summed E-state index contributed by atoms with van der Waals surface area (Å²) < 4.78 is 20.6. The molecule has 1 saturated heterocycles. The van der Waals surface area contributed by atoms with Gasteiger partial charge in [-0.2, -0.15) is 0 Å². The van der Waals surface area contributed by atoms with Crippen LogP contribution in [0.2, 0.25) is 0 Å². The number of nitrogens with one attached hydrogen (secondary N) is 1. The second kappa shape index (κ2) is 8.38. The van der Waals surface area contributed by atoms with E-state index in [9.17, 15) is 0 Å². The molecule has 174 valence electrons. The van der Waals surface area contributed by atoms with E-state index in [2.05, 4.69) is 38.2 Å². The molecule has 0 radical (unpaired) electrons. The first-order valence-corrected chi connectivity index (χ1v) is 11.6. The van der Waals surface area contributed by atoms with Gasteiger partial charge in [0, 0.05) is 74.7 Å². The molecule has 6 rings (SSSR count). The maximum atomic E-state index is 6.42. The Labute approximate surface area is 197 Å². The summed E-state index contributed by atoms with van der Waals surface area (Å²) >= 11 is 0. The van der Waals surface area contributed by atoms with Gasteiger partial charge in [-0.3, -0.25) is 4.98 Å². The van der Waals surface area contributed by atoms with Crippen LogP contribution in [-0.4, -0.2) is 46.4 Å². The topological polar surface area (TPSA) is 83.3 Å². The van der Waals surface area contributed by atoms with E-state index >= 15 is 0 Å². The summed E-state index contributed by atoms with van der Waals surface area (Å²) in [4.78, 5) is 13.8. The maximum Gasteiger partial charge on any atom is 0.136 e. The third-order valence-corrected chi connectivity index (χ3v) is 6.78. The lowest BCUT2D eigenvalue weighted by Gasteiger charge is -2.34. The van der Waals surface area contributed by atoms with E-state index in [1.54, 1.807) is 12.4 Å². The highest BCUT2D eigenvalue weighted by molar-refractivity contribution is 5.96. The van der Waals surface area contributed by atoms with Crippen LogP contribution in [0, 0.1) is 0 Å². The average Bonchev–Trinajstić information content (AvgIpc) is 3.48. The van der Waals surface area contributed by atoms with Gasteiger partial charge in [0.05, 0.1) is 36.3 Å². The summed E-state index contributed by atoms with van der Waals surface area (Å²) in [6, 6.07) is 8.08. The second-order valence-corrected chi connectivity index (χ2v) is 8.86. The largest absolute Gasteiger partial charge is 0.488 e. The Hall–Kier alpha value is -3.49. The highest BCUT2D eigenvalue weighted by atomic mass is 16.6. The number of hydrogen-bond acceptors (Lipinski definition) is 7. The van der Waals surface area contributed by atoms with Crippen LogP contribution < -0.4 is 10.1 Å². The minimum Gasteiger partial charge on any atom is -0.488 e. The van der Waals surface area contributed by atoms with Crippen LogP contribution in [-0.2, 0) is 35.2 Å². The molecule has 8 nitrogen and oxygen atoms in total. The molecule has 1 N–H and O–H groups in total. The monoisotopic (exact) mass is 457 g/mol. The molecule has 1 atom stereocenters. The molecule has 0 aromatic carbocycles. The van der Waals surface area contributed by atoms with Crippen molar-refractivity contribution in [1.29, 1.82) is 0 Å². The summed E-state index contributed by atoms with van der Waals surface area (Å²) in [5, 5.41) is 4.23. The van der Waals surface area contributed by atoms with Gasteiger partial charge in [0.1, 0.15) is 23.8 Å². The Morgan fingerprint density at radius 2 is 2.09 bits per heavy atom. The van der Waals surface area contributed by atoms with Crippen LogP contribution in [0.5, 0.6) is 5.75 Å². The predicted molar refractivity (Wildman–Crippen MR) is 129 cm³/mol. The summed E-state index contributed by atoms with van der Waals surface area (Å²) in [6.07, 6.45) is 9.12. The Kier molecular flexibility index (Phi) is 5.19. The molecule has 0 aliphatic carbocycles. The van der Waals surface area contributed by atoms with Crippen molar-refractivity contribution >= 4 is 16.7 Å². The summed E-state index contributed by atoms with van der Waals surface area (Å²) in [5.74, 6) is 1.67. The lowest BCUT2D eigenvalue weighted by Crippen LogP contribution is -2.37. The van der Waals surface area contributed by atoms with Gasteiger partial charge in [-0.25, -0.2) is 9.97 Å². The van der Waals surface area contributed by atoms with E-state index in [4.69, 9.17) is 19.2 Å². The number of pyridine rings is 3. The Morgan fingerprint density at radius 1 is 1.21 bits per heavy atom. The van der Waals surface area contributed by atoms with Gasteiger partial charge >= 0.3 is 0 Å². The zero-order valence-corrected chi connectivity index (χ0v) is 19.4. The van der Waals surface area contributed by atoms with Crippen LogP contribution in [0.1, 0.15) is 23.2 Å². The molecule has 34 heavy (non-hydrogen) atoms. The summed E-state index contributed by atoms with van der Waals surface area (Å²) in [5.41, 5.74) is 5.56. The first-order valence-electron chi connectivity index (χ1n) is 11.6. The molecule has 1 fully saturated rings. The summed E-state index contributed by atoms with van der Waals surface area (Å²) in [6.45, 7) is 2.29. The van der Waals surface area contributed by atoms with Crippen molar-refractivity contribution in [2.75, 3.05) is 32.2 Å². The molecule has 4 aromatic heterocycles. The number of aryl methyl sites for hydroxylation is 1. The van der Waals surface area contributed by atoms with E-state index < -0.39 is 5.60 Å². The van der Waals surface area contributed by atoms with Crippen molar-refractivity contribution in [3.63, 3.8) is 0 Å². The van der Waals surface area contributed by atoms with Crippen LogP contribution in [0.3, 0.4) is 0 Å². The van der Waals surface area contributed by atoms with Gasteiger partial charge in [-0.05, 0) is 23.8 Å². The molecule has 1 spiro atoms. The van der Waals surface area contributed by atoms with Crippen LogP contribution in [0.25, 0.3) is 22.2 Å². The number of rotatable bonds is 5. The van der Waals surface area contributed by atoms with Crippen molar-refractivity contribution in [3.05, 3.63) is 65.9 Å². The van der Waals surface area contributed by atoms with Gasteiger partial charge in [0.25, 0.3) is 0 Å². The first kappa shape index (κ1) is 21.1. The average molecular weight is 458 g/mol. The predicted octanol–water partition coefficient (Wildman–Crippen LogP) is 3.84. The molecular weight excluding hydrogens is 430 g/mol. The molecule has 0 bridgehead atoms. The Balaban J connectivity index is 1.51. The number of nitrogens with zero attached hydrogens (tertiary/aromatic N) is 4. The van der Waals surface area contributed by atoms with Crippen molar-refractivity contribution in [2.45, 2.75) is 25.0 Å². The molecule has 0 amide bonds. The molecule has 1 unspecified atom stereocenters. The number of fused-ring (bicyclic) bond motifs is 3. The highest BCUT2D eigenvalue weighted by Crippen LogP contribution is 2.44. The van der Waals surface area contributed by atoms with Crippen molar-refractivity contribution in [2.24, 2.45) is 7.05 Å². The molecule has 6 heterocycles. The third-order valence-electron chi connectivity index (χ3n) is 6.78. The minimum absolute atomic E-state index is 0.464. The molecule has 2 aliphatic rings. The lowest BCUT2D eigenvalue weighted by molar-refractivity contribution is -0.0669. The van der Waals surface area contributed by atoms with Crippen molar-refractivity contribution in [3.8, 4) is 17.0 Å². The van der Waals surface area contributed by atoms with E-state index in [1.165, 1.54) is 0 Å². The zero-order valence-electron chi connectivity index (χ0n) is 19.4. The zero-order chi connectivity index (χ0) is 23.1. The fourth-order valence-electron chi connectivity index (χ4n) is 4.96. The third kappa shape index (κ3) is 3.50. The molecule has 0 saturated carbocycles. The van der Waals surface area contributed by atoms with Crippen LogP contribution in [0.4, 0.5) is 5.82 Å². The summed E-state index contributed by atoms with van der Waals surface area (Å²) in [7, 11) is 3.90. The van der Waals surface area contributed by atoms with E-state index in [1.807, 2.05) is 32.4 Å². The number of aromatic nitrogens is 4. The van der Waals surface area contributed by atoms with Crippen molar-refractivity contribution in [1.82, 2.24) is 19.5 Å². The van der Waals surface area contributed by atoms with Gasteiger partial charge < -0.3 is 24.1 Å². The van der Waals surface area contributed by atoms with Gasteiger partial charge in [0.15, 0.2) is 0 Å². The minimum atomic E-state index is -0.513. The number of ether oxygens (including phenoxy) is 3. The maximum absolute atomic E-state index is 6.42. The molecule has 8 heteroatoms. The smallest absolute Gasteiger partial charge is 0.136 e. The quantitative estimate of drug-likeness (QED) is 0.488. The van der Waals surface area contributed by atoms with Crippen molar-refractivity contribution < 1.29 is 14.2 Å². The molecule has 2 aliphatic heterocycles. The standard InChI is InChI=1S/C26H27N5O3/c1-27-24-11-19-20(14-31(2)22(19)13-29-24)21-12-23(33-15-17-3-7-28-8-4-17)18-5-9-34-26(25(18)30-21)6-10-32-16-26/h3-4,7-8,11-14H,5-6,9-10,15-16H2,1-2H3,(H,27,29). The van der Waals surface area contributed by atoms with Gasteiger partial charge in [-0.15, -0.1) is 0 Å². The van der Waals surface area contributed by atoms with Crippen LogP contribution in [0.15, 0.2) is 49.1 Å². The normalized spacial score (nSPS) is 19.5. The van der Waals surface area contributed by atoms with Gasteiger partial charge in [-0.1, -0.05) is 0 Å². The fourth-order valence-corrected chi connectivity index (χ4v) is 4.96. The molecule has 4 aromatic rings. The van der Waals surface area contributed by atoms with Gasteiger partial charge in [0.2, 0.25) is 0 Å². The number of anilines is 1. The fraction of sp³-hybridized carbons (Fsp3) is 0.346. The Bertz CT molecular complexity index is 1350. The van der Waals surface area contributed by atoms with Crippen LogP contribution >= 0.6 is 0 Å².